The van der Waals surface area contributed by atoms with Crippen LogP contribution in [0.3, 0.4) is 0 Å². The van der Waals surface area contributed by atoms with Gasteiger partial charge in [-0.05, 0) is 6.07 Å². The molecule has 0 radical (unpaired) electrons. The predicted octanol–water partition coefficient (Wildman–Crippen LogP) is 0.642. The zero-order valence-electron chi connectivity index (χ0n) is 10.5. The molecule has 1 unspecified atom stereocenters. The highest BCUT2D eigenvalue weighted by Crippen LogP contribution is 2.29. The van der Waals surface area contributed by atoms with Crippen molar-refractivity contribution < 1.29 is 9.53 Å². The Hall–Kier alpha value is -1.73. The fraction of sp³-hybridized carbons (Fsp3) is 0.417. The maximum Gasteiger partial charge on any atom is 0.250 e. The average Bonchev–Trinajstić information content (AvgIpc) is 2.90. The molecule has 6 nitrogen and oxygen atoms in total. The molecule has 0 bridgehead atoms. The molecular weight excluding hydrogens is 264 g/mol. The van der Waals surface area contributed by atoms with Gasteiger partial charge in [0, 0.05) is 19.8 Å². The van der Waals surface area contributed by atoms with E-state index in [1.807, 2.05) is 6.07 Å². The third kappa shape index (κ3) is 2.39. The van der Waals surface area contributed by atoms with Crippen molar-refractivity contribution >= 4 is 32.6 Å². The third-order valence-corrected chi connectivity index (χ3v) is 4.15. The van der Waals surface area contributed by atoms with E-state index in [1.54, 1.807) is 30.8 Å². The fourth-order valence-electron chi connectivity index (χ4n) is 2.05. The Labute approximate surface area is 114 Å². The SMILES string of the molecule is CNC(=O)C1CN(c2nc3cnccc3s2)CCO1. The molecule has 100 valence electrons. The lowest BCUT2D eigenvalue weighted by Crippen LogP contribution is -2.49. The van der Waals surface area contributed by atoms with Crippen molar-refractivity contribution in [2.24, 2.45) is 0 Å². The van der Waals surface area contributed by atoms with Crippen LogP contribution < -0.4 is 10.2 Å². The summed E-state index contributed by atoms with van der Waals surface area (Å²) in [5.41, 5.74) is 0.894. The van der Waals surface area contributed by atoms with E-state index in [0.717, 1.165) is 21.9 Å². The summed E-state index contributed by atoms with van der Waals surface area (Å²) in [5.74, 6) is -0.0903. The normalized spacial score (nSPS) is 19.6. The van der Waals surface area contributed by atoms with Crippen molar-refractivity contribution in [3.8, 4) is 0 Å². The first-order chi connectivity index (χ1) is 9.28. The van der Waals surface area contributed by atoms with Gasteiger partial charge in [0.15, 0.2) is 11.2 Å². The lowest BCUT2D eigenvalue weighted by molar-refractivity contribution is -0.132. The van der Waals surface area contributed by atoms with E-state index < -0.39 is 6.10 Å². The topological polar surface area (TPSA) is 67.4 Å². The first-order valence-corrected chi connectivity index (χ1v) is 6.88. The quantitative estimate of drug-likeness (QED) is 0.873. The van der Waals surface area contributed by atoms with Crippen molar-refractivity contribution in [1.82, 2.24) is 15.3 Å². The molecule has 2 aromatic rings. The number of carbonyl (C=O) groups excluding carboxylic acids is 1. The van der Waals surface area contributed by atoms with E-state index in [4.69, 9.17) is 4.74 Å². The Morgan fingerprint density at radius 2 is 2.53 bits per heavy atom. The van der Waals surface area contributed by atoms with E-state index in [0.29, 0.717) is 13.2 Å². The van der Waals surface area contributed by atoms with Crippen LogP contribution in [0.1, 0.15) is 0 Å². The highest BCUT2D eigenvalue weighted by molar-refractivity contribution is 7.22. The van der Waals surface area contributed by atoms with E-state index in [-0.39, 0.29) is 5.91 Å². The van der Waals surface area contributed by atoms with Gasteiger partial charge in [0.1, 0.15) is 5.52 Å². The minimum atomic E-state index is -0.427. The van der Waals surface area contributed by atoms with Gasteiger partial charge in [-0.15, -0.1) is 0 Å². The second kappa shape index (κ2) is 5.10. The number of hydrogen-bond donors (Lipinski definition) is 1. The van der Waals surface area contributed by atoms with Crippen LogP contribution in [0.15, 0.2) is 18.5 Å². The standard InChI is InChI=1S/C12H14N4O2S/c1-13-11(17)9-7-16(4-5-18-9)12-15-8-6-14-3-2-10(8)19-12/h2-3,6,9H,4-5,7H2,1H3,(H,13,17). The molecule has 2 aromatic heterocycles. The molecule has 1 aliphatic rings. The van der Waals surface area contributed by atoms with Crippen LogP contribution >= 0.6 is 11.3 Å². The number of fused-ring (bicyclic) bond motifs is 1. The number of aromatic nitrogens is 2. The zero-order valence-corrected chi connectivity index (χ0v) is 11.3. The second-order valence-corrected chi connectivity index (χ2v) is 5.27. The minimum absolute atomic E-state index is 0.0903. The lowest BCUT2D eigenvalue weighted by Gasteiger charge is -2.31. The van der Waals surface area contributed by atoms with Gasteiger partial charge < -0.3 is 15.0 Å². The molecule has 19 heavy (non-hydrogen) atoms. The minimum Gasteiger partial charge on any atom is -0.365 e. The van der Waals surface area contributed by atoms with Gasteiger partial charge in [-0.1, -0.05) is 11.3 Å². The molecule has 0 spiro atoms. The van der Waals surface area contributed by atoms with Crippen molar-refractivity contribution in [1.29, 1.82) is 0 Å². The van der Waals surface area contributed by atoms with E-state index >= 15 is 0 Å². The van der Waals surface area contributed by atoms with E-state index in [1.165, 1.54) is 0 Å². The monoisotopic (exact) mass is 278 g/mol. The number of amides is 1. The summed E-state index contributed by atoms with van der Waals surface area (Å²) < 4.78 is 6.57. The van der Waals surface area contributed by atoms with Gasteiger partial charge >= 0.3 is 0 Å². The number of rotatable bonds is 2. The number of carbonyl (C=O) groups is 1. The summed E-state index contributed by atoms with van der Waals surface area (Å²) >= 11 is 1.61. The highest BCUT2D eigenvalue weighted by Gasteiger charge is 2.27. The third-order valence-electron chi connectivity index (χ3n) is 3.05. The van der Waals surface area contributed by atoms with Crippen molar-refractivity contribution in [3.05, 3.63) is 18.5 Å². The van der Waals surface area contributed by atoms with Crippen LogP contribution in [-0.4, -0.2) is 48.7 Å². The van der Waals surface area contributed by atoms with E-state index in [9.17, 15) is 4.79 Å². The van der Waals surface area contributed by atoms with Crippen LogP contribution in [0.5, 0.6) is 0 Å². The molecule has 1 N–H and O–H groups in total. The van der Waals surface area contributed by atoms with Crippen LogP contribution in [0, 0.1) is 0 Å². The maximum atomic E-state index is 11.6. The number of nitrogens with one attached hydrogen (secondary N) is 1. The largest absolute Gasteiger partial charge is 0.365 e. The molecule has 0 saturated carbocycles. The maximum absolute atomic E-state index is 11.6. The van der Waals surface area contributed by atoms with Gasteiger partial charge in [0.2, 0.25) is 0 Å². The van der Waals surface area contributed by atoms with Crippen molar-refractivity contribution in [2.45, 2.75) is 6.10 Å². The average molecular weight is 278 g/mol. The van der Waals surface area contributed by atoms with Gasteiger partial charge in [-0.25, -0.2) is 4.98 Å². The molecule has 0 aliphatic carbocycles. The first-order valence-electron chi connectivity index (χ1n) is 6.06. The number of ether oxygens (including phenoxy) is 1. The van der Waals surface area contributed by atoms with E-state index in [2.05, 4.69) is 20.2 Å². The molecular formula is C12H14N4O2S. The lowest BCUT2D eigenvalue weighted by atomic mass is 10.2. The number of likely N-dealkylation sites (N-methyl/N-ethyl adjacent to an activating group) is 1. The van der Waals surface area contributed by atoms with Crippen LogP contribution in [0.4, 0.5) is 5.13 Å². The molecule has 3 rings (SSSR count). The Balaban J connectivity index is 1.83. The Bertz CT molecular complexity index is 567. The van der Waals surface area contributed by atoms with Crippen LogP contribution in [0.2, 0.25) is 0 Å². The fourth-order valence-corrected chi connectivity index (χ4v) is 3.01. The predicted molar refractivity (Wildman–Crippen MR) is 73.4 cm³/mol. The van der Waals surface area contributed by atoms with Gasteiger partial charge in [0.25, 0.3) is 5.91 Å². The number of hydrogen-bond acceptors (Lipinski definition) is 6. The van der Waals surface area contributed by atoms with Crippen molar-refractivity contribution in [3.63, 3.8) is 0 Å². The Kier molecular flexibility index (Phi) is 3.31. The van der Waals surface area contributed by atoms with Crippen molar-refractivity contribution in [2.75, 3.05) is 31.6 Å². The molecule has 1 saturated heterocycles. The first kappa shape index (κ1) is 12.3. The molecule has 7 heteroatoms. The summed E-state index contributed by atoms with van der Waals surface area (Å²) in [6.07, 6.45) is 3.09. The van der Waals surface area contributed by atoms with Gasteiger partial charge in [0.05, 0.1) is 24.0 Å². The molecule has 1 fully saturated rings. The summed E-state index contributed by atoms with van der Waals surface area (Å²) in [7, 11) is 1.62. The molecule has 1 amide bonds. The molecule has 1 atom stereocenters. The number of nitrogens with zero attached hydrogens (tertiary/aromatic N) is 3. The molecule has 3 heterocycles. The summed E-state index contributed by atoms with van der Waals surface area (Å²) in [6.45, 7) is 1.82. The van der Waals surface area contributed by atoms with Crippen LogP contribution in [-0.2, 0) is 9.53 Å². The smallest absolute Gasteiger partial charge is 0.250 e. The zero-order chi connectivity index (χ0) is 13.2. The number of thiazole rings is 1. The van der Waals surface area contributed by atoms with Gasteiger partial charge in [-0.2, -0.15) is 0 Å². The van der Waals surface area contributed by atoms with Gasteiger partial charge in [-0.3, -0.25) is 9.78 Å². The summed E-state index contributed by atoms with van der Waals surface area (Å²) in [4.78, 5) is 22.3. The number of morpholine rings is 1. The number of pyridine rings is 1. The molecule has 0 aromatic carbocycles. The second-order valence-electron chi connectivity index (χ2n) is 4.26. The number of anilines is 1. The summed E-state index contributed by atoms with van der Waals surface area (Å²) in [6, 6.07) is 1.95. The highest BCUT2D eigenvalue weighted by atomic mass is 32.1. The van der Waals surface area contributed by atoms with Crippen LogP contribution in [0.25, 0.3) is 10.2 Å². The molecule has 1 aliphatic heterocycles. The summed E-state index contributed by atoms with van der Waals surface area (Å²) in [5, 5.41) is 3.53. The Morgan fingerprint density at radius 1 is 1.63 bits per heavy atom. The Morgan fingerprint density at radius 3 is 3.32 bits per heavy atom.